The first-order valence-corrected chi connectivity index (χ1v) is 36.4. The molecule has 9 nitrogen and oxygen atoms in total. The highest BCUT2D eigenvalue weighted by Gasteiger charge is 2.22. The fourth-order valence-corrected chi connectivity index (χ4v) is 10.3. The second-order valence-electron chi connectivity index (χ2n) is 25.5. The van der Waals surface area contributed by atoms with Gasteiger partial charge in [-0.3, -0.25) is 9.59 Å². The lowest BCUT2D eigenvalue weighted by atomic mass is 10.0. The van der Waals surface area contributed by atoms with E-state index in [0.29, 0.717) is 23.9 Å². The topological polar surface area (TPSA) is 111 Å². The highest BCUT2D eigenvalue weighted by molar-refractivity contribution is 5.70. The number of allylic oxidation sites excluding steroid dienone is 16. The standard InChI is InChI=1S/C78H137NO8/c1-6-8-10-12-14-16-18-20-22-24-26-28-30-31-32-33-34-35-36-37-38-39-40-41-42-43-44-45-47-48-50-52-54-56-58-60-62-64-66-68-75(80)85-72-74(73-86-78(77(82)83)84-71-70-79(3,4)5)87-76(81)69-67-65-63-61-59-57-55-53-51-49-46-29-27-25-23-21-19-17-15-13-11-9-7-2/h9,11,15,17,21,23-24,26-27,29,49,51,55,57,61,63,74,78H,6-8,10,12-14,16,18-20,22,25,28,30-48,50,52-54,56,58-60,62,64-73H2,1-5H3/b11-9-,17-15-,23-21-,26-24-,29-27-,51-49-,57-55-,63-61-. The number of quaternary nitrogens is 1. The number of aliphatic carboxylic acids is 1. The molecule has 0 fully saturated rings. The summed E-state index contributed by atoms with van der Waals surface area (Å²) in [5.74, 6) is -2.36. The summed E-state index contributed by atoms with van der Waals surface area (Å²) in [6.45, 7) is 4.59. The van der Waals surface area contributed by atoms with Gasteiger partial charge in [0.2, 0.25) is 0 Å². The van der Waals surface area contributed by atoms with E-state index in [9.17, 15) is 19.5 Å². The predicted molar refractivity (Wildman–Crippen MR) is 371 cm³/mol. The summed E-state index contributed by atoms with van der Waals surface area (Å²) < 4.78 is 22.7. The van der Waals surface area contributed by atoms with Crippen LogP contribution >= 0.6 is 0 Å². The van der Waals surface area contributed by atoms with E-state index in [1.807, 2.05) is 21.1 Å². The minimum atomic E-state index is -1.64. The second-order valence-corrected chi connectivity index (χ2v) is 25.5. The van der Waals surface area contributed by atoms with Crippen molar-refractivity contribution in [2.45, 2.75) is 334 Å². The van der Waals surface area contributed by atoms with E-state index < -0.39 is 24.3 Å². The molecule has 0 amide bonds. The summed E-state index contributed by atoms with van der Waals surface area (Å²) in [6, 6.07) is 0. The first kappa shape index (κ1) is 83.2. The zero-order valence-corrected chi connectivity index (χ0v) is 57.4. The Kier molecular flexibility index (Phi) is 65.2. The van der Waals surface area contributed by atoms with Gasteiger partial charge in [-0.1, -0.05) is 317 Å². The smallest absolute Gasteiger partial charge is 0.306 e. The highest BCUT2D eigenvalue weighted by atomic mass is 16.7. The number of rotatable bonds is 67. The minimum Gasteiger partial charge on any atom is -0.545 e. The van der Waals surface area contributed by atoms with Crippen LogP contribution in [0.2, 0.25) is 0 Å². The van der Waals surface area contributed by atoms with E-state index in [-0.39, 0.29) is 38.6 Å². The van der Waals surface area contributed by atoms with Crippen molar-refractivity contribution in [2.24, 2.45) is 0 Å². The number of hydrogen-bond donors (Lipinski definition) is 0. The van der Waals surface area contributed by atoms with Gasteiger partial charge in [-0.2, -0.15) is 0 Å². The largest absolute Gasteiger partial charge is 0.545 e. The first-order chi connectivity index (χ1) is 42.6. The fraction of sp³-hybridized carbons (Fsp3) is 0.756. The molecule has 87 heavy (non-hydrogen) atoms. The maximum absolute atomic E-state index is 12.9. The molecule has 0 aromatic carbocycles. The van der Waals surface area contributed by atoms with Gasteiger partial charge < -0.3 is 33.3 Å². The summed E-state index contributed by atoms with van der Waals surface area (Å²) in [5.41, 5.74) is 0. The molecular weight excluding hydrogens is 1080 g/mol. The molecule has 0 heterocycles. The molecule has 0 aliphatic heterocycles. The van der Waals surface area contributed by atoms with E-state index in [2.05, 4.69) is 111 Å². The van der Waals surface area contributed by atoms with Crippen LogP contribution in [0.15, 0.2) is 97.2 Å². The molecule has 2 atom stereocenters. The molecule has 0 aliphatic carbocycles. The number of carbonyl (C=O) groups excluding carboxylic acids is 3. The number of unbranched alkanes of at least 4 members (excludes halogenated alkanes) is 36. The number of ether oxygens (including phenoxy) is 4. The molecule has 0 aromatic heterocycles. The van der Waals surface area contributed by atoms with Gasteiger partial charge in [0.25, 0.3) is 0 Å². The van der Waals surface area contributed by atoms with E-state index >= 15 is 0 Å². The number of carbonyl (C=O) groups is 3. The lowest BCUT2D eigenvalue weighted by molar-refractivity contribution is -0.870. The Balaban J connectivity index is 4.05. The van der Waals surface area contributed by atoms with Crippen LogP contribution < -0.4 is 5.11 Å². The zero-order chi connectivity index (χ0) is 63.3. The Hall–Kier alpha value is -3.79. The SMILES string of the molecule is CC/C=C\C/C=C\C/C=C\C/C=C\C/C=C\C/C=C\C/C=C\CCCC(=O)OC(COC(=O)CCCCCCCCCCCCCCCCCCCCCCCCCCCCC/C=C\CCCCCCCCCC)COC(OCC[N+](C)(C)C)C(=O)[O-]. The molecule has 0 radical (unpaired) electrons. The van der Waals surface area contributed by atoms with Crippen molar-refractivity contribution in [3.05, 3.63) is 97.2 Å². The number of carboxylic acid groups (broad SMARTS) is 1. The van der Waals surface area contributed by atoms with E-state index in [1.54, 1.807) is 0 Å². The quantitative estimate of drug-likeness (QED) is 0.0195. The van der Waals surface area contributed by atoms with Crippen molar-refractivity contribution >= 4 is 17.9 Å². The zero-order valence-electron chi connectivity index (χ0n) is 57.4. The monoisotopic (exact) mass is 1220 g/mol. The summed E-state index contributed by atoms with van der Waals surface area (Å²) in [5, 5.41) is 11.8. The Morgan fingerprint density at radius 3 is 1.02 bits per heavy atom. The lowest BCUT2D eigenvalue weighted by Crippen LogP contribution is -2.44. The fourth-order valence-electron chi connectivity index (χ4n) is 10.3. The molecule has 502 valence electrons. The van der Waals surface area contributed by atoms with Gasteiger partial charge in [0.05, 0.1) is 40.3 Å². The summed E-state index contributed by atoms with van der Waals surface area (Å²) in [7, 11) is 5.91. The molecule has 0 saturated carbocycles. The maximum atomic E-state index is 12.9. The first-order valence-electron chi connectivity index (χ1n) is 36.4. The van der Waals surface area contributed by atoms with Gasteiger partial charge in [0.15, 0.2) is 12.4 Å². The van der Waals surface area contributed by atoms with Crippen molar-refractivity contribution in [1.82, 2.24) is 0 Å². The Morgan fingerprint density at radius 1 is 0.356 bits per heavy atom. The maximum Gasteiger partial charge on any atom is 0.306 e. The van der Waals surface area contributed by atoms with Crippen LogP contribution in [0.5, 0.6) is 0 Å². The third kappa shape index (κ3) is 69.5. The van der Waals surface area contributed by atoms with Crippen LogP contribution in [0.25, 0.3) is 0 Å². The lowest BCUT2D eigenvalue weighted by Gasteiger charge is -2.26. The van der Waals surface area contributed by atoms with Crippen molar-refractivity contribution in [3.63, 3.8) is 0 Å². The molecule has 0 rings (SSSR count). The summed E-state index contributed by atoms with van der Waals surface area (Å²) in [4.78, 5) is 37.4. The van der Waals surface area contributed by atoms with Gasteiger partial charge in [-0.15, -0.1) is 0 Å². The van der Waals surface area contributed by atoms with Crippen molar-refractivity contribution < 1.29 is 42.9 Å². The average molecular weight is 1220 g/mol. The minimum absolute atomic E-state index is 0.133. The molecule has 0 bridgehead atoms. The van der Waals surface area contributed by atoms with Crippen molar-refractivity contribution in [3.8, 4) is 0 Å². The van der Waals surface area contributed by atoms with Gasteiger partial charge in [-0.05, 0) is 89.9 Å². The molecule has 2 unspecified atom stereocenters. The summed E-state index contributed by atoms with van der Waals surface area (Å²) >= 11 is 0. The number of nitrogens with zero attached hydrogens (tertiary/aromatic N) is 1. The third-order valence-electron chi connectivity index (χ3n) is 15.8. The second kappa shape index (κ2) is 68.1. The van der Waals surface area contributed by atoms with Crippen LogP contribution in [0, 0.1) is 0 Å². The predicted octanol–water partition coefficient (Wildman–Crippen LogP) is 21.5. The number of carboxylic acids is 1. The van der Waals surface area contributed by atoms with Crippen molar-refractivity contribution in [2.75, 3.05) is 47.5 Å². The number of hydrogen-bond acceptors (Lipinski definition) is 8. The van der Waals surface area contributed by atoms with E-state index in [4.69, 9.17) is 18.9 Å². The van der Waals surface area contributed by atoms with Gasteiger partial charge in [0, 0.05) is 12.8 Å². The number of esters is 2. The molecule has 9 heteroatoms. The molecule has 0 spiro atoms. The van der Waals surface area contributed by atoms with Crippen LogP contribution in [-0.4, -0.2) is 82.3 Å². The van der Waals surface area contributed by atoms with E-state index in [0.717, 1.165) is 64.2 Å². The molecular formula is C78H137NO8. The molecule has 0 saturated heterocycles. The molecule has 0 aromatic rings. The average Bonchev–Trinajstić information content (AvgIpc) is 3.50. The number of likely N-dealkylation sites (N-methyl/N-ethyl adjacent to an activating group) is 1. The van der Waals surface area contributed by atoms with E-state index in [1.165, 1.54) is 218 Å². The van der Waals surface area contributed by atoms with Crippen LogP contribution in [0.4, 0.5) is 0 Å². The van der Waals surface area contributed by atoms with Gasteiger partial charge >= 0.3 is 11.9 Å². The van der Waals surface area contributed by atoms with Crippen LogP contribution in [0.3, 0.4) is 0 Å². The Bertz CT molecular complexity index is 1750. The highest BCUT2D eigenvalue weighted by Crippen LogP contribution is 2.18. The third-order valence-corrected chi connectivity index (χ3v) is 15.8. The molecule has 0 N–H and O–H groups in total. The van der Waals surface area contributed by atoms with Crippen LogP contribution in [-0.2, 0) is 33.3 Å². The normalized spacial score (nSPS) is 13.3. The van der Waals surface area contributed by atoms with Crippen LogP contribution in [0.1, 0.15) is 322 Å². The Labute approximate surface area is 537 Å². The van der Waals surface area contributed by atoms with Gasteiger partial charge in [0.1, 0.15) is 13.2 Å². The summed E-state index contributed by atoms with van der Waals surface area (Å²) in [6.07, 6.45) is 91.1. The van der Waals surface area contributed by atoms with Crippen molar-refractivity contribution in [1.29, 1.82) is 0 Å². The Morgan fingerprint density at radius 2 is 0.667 bits per heavy atom. The molecule has 0 aliphatic rings. The van der Waals surface area contributed by atoms with Gasteiger partial charge in [-0.25, -0.2) is 0 Å².